The van der Waals surface area contributed by atoms with Crippen molar-refractivity contribution in [3.63, 3.8) is 0 Å². The van der Waals surface area contributed by atoms with E-state index in [1.807, 2.05) is 0 Å². The fourth-order valence-corrected chi connectivity index (χ4v) is 5.66. The summed E-state index contributed by atoms with van der Waals surface area (Å²) >= 11 is 7.32. The lowest BCUT2D eigenvalue weighted by Gasteiger charge is -2.31. The van der Waals surface area contributed by atoms with E-state index in [0.717, 1.165) is 0 Å². The van der Waals surface area contributed by atoms with Gasteiger partial charge in [0.15, 0.2) is 5.78 Å². The molecule has 2 unspecified atom stereocenters. The van der Waals surface area contributed by atoms with Crippen LogP contribution < -0.4 is 0 Å². The minimum Gasteiger partial charge on any atom is -0.297 e. The van der Waals surface area contributed by atoms with Crippen molar-refractivity contribution < 1.29 is 4.79 Å². The zero-order valence-electron chi connectivity index (χ0n) is 10.6. The van der Waals surface area contributed by atoms with Crippen LogP contribution in [0.15, 0.2) is 48.5 Å². The highest BCUT2D eigenvalue weighted by atomic mass is 79.9. The third-order valence-corrected chi connectivity index (χ3v) is 6.42. The third-order valence-electron chi connectivity index (χ3n) is 4.46. The molecule has 20 heavy (non-hydrogen) atoms. The van der Waals surface area contributed by atoms with Gasteiger partial charge in [0, 0.05) is 11.8 Å². The van der Waals surface area contributed by atoms with E-state index in [2.05, 4.69) is 80.4 Å². The van der Waals surface area contributed by atoms with Crippen LogP contribution in [0.3, 0.4) is 0 Å². The van der Waals surface area contributed by atoms with Gasteiger partial charge in [-0.05, 0) is 22.3 Å². The van der Waals surface area contributed by atoms with Crippen molar-refractivity contribution in [3.05, 3.63) is 70.8 Å². The first-order chi connectivity index (χ1) is 9.70. The highest BCUT2D eigenvalue weighted by Gasteiger charge is 2.47. The number of carbonyl (C=O) groups is 1. The summed E-state index contributed by atoms with van der Waals surface area (Å²) in [5, 5.41) is 0. The average molecular weight is 392 g/mol. The summed E-state index contributed by atoms with van der Waals surface area (Å²) in [7, 11) is 0. The maximum atomic E-state index is 12.6. The first kappa shape index (κ1) is 12.8. The second kappa shape index (κ2) is 4.54. The van der Waals surface area contributed by atoms with E-state index in [1.165, 1.54) is 22.3 Å². The van der Waals surface area contributed by atoms with Crippen molar-refractivity contribution >= 4 is 37.6 Å². The van der Waals surface area contributed by atoms with Crippen molar-refractivity contribution in [1.82, 2.24) is 0 Å². The van der Waals surface area contributed by atoms with Crippen molar-refractivity contribution in [2.24, 2.45) is 0 Å². The zero-order valence-corrected chi connectivity index (χ0v) is 13.8. The standard InChI is InChI=1S/C17H12Br2O/c18-15-13-9-5-1-2-6-10(9)14(16(19)17(15)20)12-8-4-3-7-11(12)13/h1-8,13-16H. The van der Waals surface area contributed by atoms with Crippen LogP contribution >= 0.6 is 31.9 Å². The Bertz CT molecular complexity index is 604. The summed E-state index contributed by atoms with van der Waals surface area (Å²) in [5.74, 6) is 0.481. The average Bonchev–Trinajstić information content (AvgIpc) is 2.62. The molecule has 2 atom stereocenters. The normalized spacial score (nSPS) is 30.6. The van der Waals surface area contributed by atoms with Crippen molar-refractivity contribution in [3.8, 4) is 0 Å². The minimum atomic E-state index is -0.165. The van der Waals surface area contributed by atoms with Gasteiger partial charge >= 0.3 is 0 Å². The van der Waals surface area contributed by atoms with E-state index in [0.29, 0.717) is 0 Å². The lowest BCUT2D eigenvalue weighted by Crippen LogP contribution is -2.26. The molecule has 1 nitrogen and oxygen atoms in total. The Morgan fingerprint density at radius 3 is 1.25 bits per heavy atom. The van der Waals surface area contributed by atoms with Crippen LogP contribution in [0.1, 0.15) is 34.1 Å². The number of Topliss-reactive ketones (excluding diaryl/α,β-unsaturated/α-hetero) is 1. The van der Waals surface area contributed by atoms with Crippen molar-refractivity contribution in [2.45, 2.75) is 21.5 Å². The monoisotopic (exact) mass is 390 g/mol. The highest BCUT2D eigenvalue weighted by molar-refractivity contribution is 9.10. The largest absolute Gasteiger partial charge is 0.297 e. The smallest absolute Gasteiger partial charge is 0.161 e. The van der Waals surface area contributed by atoms with Crippen LogP contribution in [0.2, 0.25) is 0 Å². The van der Waals surface area contributed by atoms with Crippen LogP contribution in [-0.2, 0) is 4.79 Å². The van der Waals surface area contributed by atoms with E-state index in [4.69, 9.17) is 0 Å². The Morgan fingerprint density at radius 2 is 0.950 bits per heavy atom. The number of carbonyl (C=O) groups excluding carboxylic acids is 1. The quantitative estimate of drug-likeness (QED) is 0.609. The number of rotatable bonds is 0. The molecule has 2 bridgehead atoms. The Labute approximate surface area is 134 Å². The first-order valence-corrected chi connectivity index (χ1v) is 8.53. The molecule has 0 spiro atoms. The van der Waals surface area contributed by atoms with Crippen LogP contribution in [0.4, 0.5) is 0 Å². The molecule has 100 valence electrons. The third kappa shape index (κ3) is 1.57. The molecule has 0 aromatic heterocycles. The summed E-state index contributed by atoms with van der Waals surface area (Å²) in [6.45, 7) is 0. The van der Waals surface area contributed by atoms with Crippen LogP contribution in [0, 0.1) is 0 Å². The number of alkyl halides is 2. The van der Waals surface area contributed by atoms with E-state index < -0.39 is 0 Å². The van der Waals surface area contributed by atoms with Gasteiger partial charge in [-0.3, -0.25) is 4.79 Å². The summed E-state index contributed by atoms with van der Waals surface area (Å²) in [6, 6.07) is 16.9. The Balaban J connectivity index is 2.10. The number of hydrogen-bond donors (Lipinski definition) is 0. The number of ketones is 1. The van der Waals surface area contributed by atoms with Crippen molar-refractivity contribution in [1.29, 1.82) is 0 Å². The summed E-state index contributed by atoms with van der Waals surface area (Å²) in [5.41, 5.74) is 5.14. The molecule has 2 aromatic carbocycles. The Hall–Kier alpha value is -0.930. The fourth-order valence-electron chi connectivity index (χ4n) is 3.60. The summed E-state index contributed by atoms with van der Waals surface area (Å²) < 4.78 is 0. The van der Waals surface area contributed by atoms with E-state index >= 15 is 0 Å². The van der Waals surface area contributed by atoms with Crippen LogP contribution in [0.5, 0.6) is 0 Å². The molecule has 0 N–H and O–H groups in total. The van der Waals surface area contributed by atoms with Gasteiger partial charge in [0.2, 0.25) is 0 Å². The molecule has 0 saturated carbocycles. The lowest BCUT2D eigenvalue weighted by atomic mass is 9.74. The second-order valence-corrected chi connectivity index (χ2v) is 7.39. The predicted octanol–water partition coefficient (Wildman–Crippen LogP) is 4.37. The van der Waals surface area contributed by atoms with Gasteiger partial charge < -0.3 is 0 Å². The first-order valence-electron chi connectivity index (χ1n) is 6.69. The number of fused-ring (bicyclic) bond motifs is 2. The molecule has 0 radical (unpaired) electrons. The molecule has 2 aromatic rings. The molecular weight excluding hydrogens is 380 g/mol. The molecule has 5 rings (SSSR count). The van der Waals surface area contributed by atoms with Gasteiger partial charge in [0.05, 0.1) is 9.65 Å². The molecule has 3 heteroatoms. The highest BCUT2D eigenvalue weighted by Crippen LogP contribution is 2.52. The molecular formula is C17H12Br2O. The second-order valence-electron chi connectivity index (χ2n) is 5.42. The van der Waals surface area contributed by atoms with E-state index in [1.54, 1.807) is 0 Å². The SMILES string of the molecule is O=C1C(Br)C2c3ccccc3C(c3ccccc32)C1Br. The van der Waals surface area contributed by atoms with Gasteiger partial charge in [-0.2, -0.15) is 0 Å². The Kier molecular flexibility index (Phi) is 2.90. The minimum absolute atomic E-state index is 0.119. The lowest BCUT2D eigenvalue weighted by molar-refractivity contribution is -0.117. The van der Waals surface area contributed by atoms with Crippen molar-refractivity contribution in [2.75, 3.05) is 0 Å². The molecule has 0 amide bonds. The van der Waals surface area contributed by atoms with Crippen LogP contribution in [-0.4, -0.2) is 15.4 Å². The van der Waals surface area contributed by atoms with Gasteiger partial charge in [-0.1, -0.05) is 80.4 Å². The van der Waals surface area contributed by atoms with Gasteiger partial charge in [-0.25, -0.2) is 0 Å². The molecule has 0 heterocycles. The van der Waals surface area contributed by atoms with Gasteiger partial charge in [0.25, 0.3) is 0 Å². The maximum absolute atomic E-state index is 12.6. The predicted molar refractivity (Wildman–Crippen MR) is 87.0 cm³/mol. The van der Waals surface area contributed by atoms with Gasteiger partial charge in [0.1, 0.15) is 0 Å². The van der Waals surface area contributed by atoms with E-state index in [9.17, 15) is 4.79 Å². The summed E-state index contributed by atoms with van der Waals surface area (Å²) in [6.07, 6.45) is 0. The molecule has 3 aliphatic carbocycles. The molecule has 3 aliphatic rings. The fraction of sp³-hybridized carbons (Fsp3) is 0.235. The van der Waals surface area contributed by atoms with Gasteiger partial charge in [-0.15, -0.1) is 0 Å². The molecule has 0 aliphatic heterocycles. The Morgan fingerprint density at radius 1 is 0.650 bits per heavy atom. The molecule has 0 saturated heterocycles. The number of hydrogen-bond acceptors (Lipinski definition) is 1. The zero-order chi connectivity index (χ0) is 13.9. The van der Waals surface area contributed by atoms with Crippen LogP contribution in [0.25, 0.3) is 0 Å². The molecule has 0 fully saturated rings. The number of halogens is 2. The summed E-state index contributed by atoms with van der Waals surface area (Å²) in [4.78, 5) is 12.3. The number of benzene rings is 2. The maximum Gasteiger partial charge on any atom is 0.161 e. The topological polar surface area (TPSA) is 17.1 Å². The van der Waals surface area contributed by atoms with E-state index in [-0.39, 0.29) is 27.3 Å².